The van der Waals surface area contributed by atoms with Gasteiger partial charge in [0.05, 0.1) is 16.5 Å². The summed E-state index contributed by atoms with van der Waals surface area (Å²) in [5.41, 5.74) is 1.15. The Morgan fingerprint density at radius 1 is 0.821 bits per heavy atom. The van der Waals surface area contributed by atoms with E-state index in [4.69, 9.17) is 5.26 Å². The van der Waals surface area contributed by atoms with Crippen molar-refractivity contribution in [1.29, 1.82) is 5.26 Å². The van der Waals surface area contributed by atoms with Crippen LogP contribution in [0.1, 0.15) is 11.1 Å². The van der Waals surface area contributed by atoms with E-state index in [1.54, 1.807) is 12.1 Å². The van der Waals surface area contributed by atoms with Gasteiger partial charge in [0.25, 0.3) is 0 Å². The van der Waals surface area contributed by atoms with Gasteiger partial charge in [0.15, 0.2) is 0 Å². The molecule has 0 aromatic heterocycles. The van der Waals surface area contributed by atoms with Gasteiger partial charge in [0.2, 0.25) is 20.0 Å². The van der Waals surface area contributed by atoms with Crippen LogP contribution in [0.15, 0.2) is 64.9 Å². The number of hydrogen-bond donors (Lipinski definition) is 0. The zero-order valence-electron chi connectivity index (χ0n) is 15.0. The first-order valence-electron chi connectivity index (χ1n) is 8.56. The average Bonchev–Trinajstić information content (AvgIpc) is 2.73. The summed E-state index contributed by atoms with van der Waals surface area (Å²) in [6.07, 6.45) is 1.52. The molecule has 0 N–H and O–H groups in total. The van der Waals surface area contributed by atoms with Gasteiger partial charge in [-0.25, -0.2) is 16.8 Å². The van der Waals surface area contributed by atoms with E-state index in [1.807, 2.05) is 24.3 Å². The zero-order chi connectivity index (χ0) is 20.2. The number of rotatable bonds is 5. The first kappa shape index (κ1) is 20.2. The van der Waals surface area contributed by atoms with Crippen molar-refractivity contribution in [2.75, 3.05) is 26.2 Å². The predicted molar refractivity (Wildman–Crippen MR) is 106 cm³/mol. The Morgan fingerprint density at radius 2 is 1.39 bits per heavy atom. The molecule has 2 aromatic rings. The molecule has 7 nitrogen and oxygen atoms in total. The summed E-state index contributed by atoms with van der Waals surface area (Å²) in [6, 6.07) is 16.7. The van der Waals surface area contributed by atoms with Crippen molar-refractivity contribution in [3.63, 3.8) is 0 Å². The summed E-state index contributed by atoms with van der Waals surface area (Å²) < 4.78 is 53.0. The second kappa shape index (κ2) is 8.24. The molecule has 0 unspecified atom stereocenters. The largest absolute Gasteiger partial charge is 0.243 e. The standard InChI is InChI=1S/C19H19N3O4S2/c20-16-18-6-8-19(9-7-18)28(25,26)22-13-11-21(12-14-22)27(23,24)15-10-17-4-2-1-3-5-17/h1-10,15H,11-14H2/b15-10+. The number of nitrogens with zero attached hydrogens (tertiary/aromatic N) is 3. The number of hydrogen-bond acceptors (Lipinski definition) is 5. The molecular formula is C19H19N3O4S2. The number of piperazine rings is 1. The Kier molecular flexibility index (Phi) is 5.96. The van der Waals surface area contributed by atoms with Crippen molar-refractivity contribution in [2.45, 2.75) is 4.90 Å². The van der Waals surface area contributed by atoms with Crippen molar-refractivity contribution in [2.24, 2.45) is 0 Å². The van der Waals surface area contributed by atoms with E-state index in [-0.39, 0.29) is 31.1 Å². The molecular weight excluding hydrogens is 398 g/mol. The van der Waals surface area contributed by atoms with Gasteiger partial charge in [-0.05, 0) is 35.9 Å². The molecule has 0 bridgehead atoms. The first-order valence-corrected chi connectivity index (χ1v) is 11.5. The summed E-state index contributed by atoms with van der Waals surface area (Å²) in [4.78, 5) is 0.0896. The van der Waals surface area contributed by atoms with Gasteiger partial charge >= 0.3 is 0 Å². The Morgan fingerprint density at radius 3 is 1.96 bits per heavy atom. The molecule has 1 fully saturated rings. The Labute approximate surface area is 165 Å². The van der Waals surface area contributed by atoms with E-state index in [2.05, 4.69) is 0 Å². The molecule has 0 radical (unpaired) electrons. The molecule has 1 heterocycles. The number of benzene rings is 2. The molecule has 0 atom stereocenters. The topological polar surface area (TPSA) is 98.5 Å². The third-order valence-electron chi connectivity index (χ3n) is 4.41. The third kappa shape index (κ3) is 4.48. The van der Waals surface area contributed by atoms with Crippen LogP contribution in [-0.4, -0.2) is 51.6 Å². The summed E-state index contributed by atoms with van der Waals surface area (Å²) >= 11 is 0. The van der Waals surface area contributed by atoms with E-state index in [0.29, 0.717) is 5.56 Å². The van der Waals surface area contributed by atoms with E-state index in [0.717, 1.165) is 11.0 Å². The lowest BCUT2D eigenvalue weighted by molar-refractivity contribution is 0.275. The fraction of sp³-hybridized carbons (Fsp3) is 0.211. The Bertz CT molecular complexity index is 1100. The molecule has 0 saturated carbocycles. The maximum absolute atomic E-state index is 12.7. The molecule has 146 valence electrons. The van der Waals surface area contributed by atoms with Gasteiger partial charge in [-0.1, -0.05) is 30.3 Å². The first-order chi connectivity index (χ1) is 13.3. The summed E-state index contributed by atoms with van der Waals surface area (Å²) in [7, 11) is -7.36. The van der Waals surface area contributed by atoms with Crippen molar-refractivity contribution in [3.05, 3.63) is 71.1 Å². The lowest BCUT2D eigenvalue weighted by Gasteiger charge is -2.32. The maximum atomic E-state index is 12.7. The highest BCUT2D eigenvalue weighted by molar-refractivity contribution is 7.92. The van der Waals surface area contributed by atoms with Crippen LogP contribution >= 0.6 is 0 Å². The molecule has 0 spiro atoms. The molecule has 28 heavy (non-hydrogen) atoms. The average molecular weight is 418 g/mol. The Hall–Kier alpha value is -2.51. The summed E-state index contributed by atoms with van der Waals surface area (Å²) in [6.45, 7) is 0.301. The van der Waals surface area contributed by atoms with E-state index >= 15 is 0 Å². The fourth-order valence-corrected chi connectivity index (χ4v) is 5.43. The highest BCUT2D eigenvalue weighted by Gasteiger charge is 2.32. The van der Waals surface area contributed by atoms with Crippen LogP contribution in [0.3, 0.4) is 0 Å². The van der Waals surface area contributed by atoms with E-state index < -0.39 is 20.0 Å². The van der Waals surface area contributed by atoms with Gasteiger partial charge in [-0.15, -0.1) is 0 Å². The van der Waals surface area contributed by atoms with Gasteiger partial charge in [-0.2, -0.15) is 13.9 Å². The van der Waals surface area contributed by atoms with Crippen LogP contribution in [0, 0.1) is 11.3 Å². The molecule has 1 aliphatic rings. The zero-order valence-corrected chi connectivity index (χ0v) is 16.6. The van der Waals surface area contributed by atoms with Gasteiger partial charge < -0.3 is 0 Å². The Balaban J connectivity index is 1.68. The second-order valence-corrected chi connectivity index (χ2v) is 9.95. The number of sulfonamides is 2. The highest BCUT2D eigenvalue weighted by Crippen LogP contribution is 2.20. The highest BCUT2D eigenvalue weighted by atomic mass is 32.2. The van der Waals surface area contributed by atoms with Gasteiger partial charge in [-0.3, -0.25) is 0 Å². The minimum Gasteiger partial charge on any atom is -0.208 e. The molecule has 0 amide bonds. The molecule has 2 aromatic carbocycles. The summed E-state index contributed by atoms with van der Waals surface area (Å²) in [5.74, 6) is 0. The maximum Gasteiger partial charge on any atom is 0.243 e. The van der Waals surface area contributed by atoms with Crippen molar-refractivity contribution in [1.82, 2.24) is 8.61 Å². The SMILES string of the molecule is N#Cc1ccc(S(=O)(=O)N2CCN(S(=O)(=O)/C=C/c3ccccc3)CC2)cc1. The molecule has 1 aliphatic heterocycles. The van der Waals surface area contributed by atoms with Crippen LogP contribution < -0.4 is 0 Å². The monoisotopic (exact) mass is 417 g/mol. The minimum absolute atomic E-state index is 0.0702. The van der Waals surface area contributed by atoms with Gasteiger partial charge in [0.1, 0.15) is 0 Å². The van der Waals surface area contributed by atoms with Crippen molar-refractivity contribution in [3.8, 4) is 6.07 Å². The van der Waals surface area contributed by atoms with Crippen molar-refractivity contribution >= 4 is 26.1 Å². The quantitative estimate of drug-likeness (QED) is 0.740. The van der Waals surface area contributed by atoms with Crippen LogP contribution in [-0.2, 0) is 20.0 Å². The minimum atomic E-state index is -3.73. The fourth-order valence-electron chi connectivity index (χ4n) is 2.83. The summed E-state index contributed by atoms with van der Waals surface area (Å²) in [5, 5.41) is 9.97. The van der Waals surface area contributed by atoms with Crippen LogP contribution in [0.2, 0.25) is 0 Å². The molecule has 3 rings (SSSR count). The predicted octanol–water partition coefficient (Wildman–Crippen LogP) is 1.87. The molecule has 9 heteroatoms. The lowest BCUT2D eigenvalue weighted by Crippen LogP contribution is -2.49. The van der Waals surface area contributed by atoms with Crippen LogP contribution in [0.5, 0.6) is 0 Å². The lowest BCUT2D eigenvalue weighted by atomic mass is 10.2. The van der Waals surface area contributed by atoms with Gasteiger partial charge in [0, 0.05) is 31.6 Å². The smallest absolute Gasteiger partial charge is 0.208 e. The van der Waals surface area contributed by atoms with Crippen molar-refractivity contribution < 1.29 is 16.8 Å². The molecule has 1 saturated heterocycles. The van der Waals surface area contributed by atoms with Crippen LogP contribution in [0.4, 0.5) is 0 Å². The second-order valence-electron chi connectivity index (χ2n) is 6.20. The number of nitriles is 1. The van der Waals surface area contributed by atoms with Crippen LogP contribution in [0.25, 0.3) is 6.08 Å². The normalized spacial score (nSPS) is 16.8. The van der Waals surface area contributed by atoms with E-state index in [9.17, 15) is 16.8 Å². The van der Waals surface area contributed by atoms with E-state index in [1.165, 1.54) is 39.0 Å². The molecule has 0 aliphatic carbocycles. The third-order valence-corrected chi connectivity index (χ3v) is 7.89.